The minimum atomic E-state index is -3.97. The van der Waals surface area contributed by atoms with E-state index in [2.05, 4.69) is 21.2 Å². The van der Waals surface area contributed by atoms with Crippen molar-refractivity contribution in [3.8, 4) is 0 Å². The van der Waals surface area contributed by atoms with Gasteiger partial charge in [0.2, 0.25) is 10.0 Å². The molecule has 0 aliphatic carbocycles. The number of ether oxygens (including phenoxy) is 1. The van der Waals surface area contributed by atoms with Crippen LogP contribution in [0.2, 0.25) is 0 Å². The van der Waals surface area contributed by atoms with Crippen molar-refractivity contribution >= 4 is 43.5 Å². The molecule has 0 aliphatic rings. The Morgan fingerprint density at radius 3 is 2.35 bits per heavy atom. The Hall–Kier alpha value is -2.23. The number of hydrogen-bond donors (Lipinski definition) is 2. The van der Waals surface area contributed by atoms with Gasteiger partial charge in [0.25, 0.3) is 5.91 Å². The van der Waals surface area contributed by atoms with Gasteiger partial charge in [-0.25, -0.2) is 18.4 Å². The molecule has 2 rings (SSSR count). The minimum absolute atomic E-state index is 0.0495. The zero-order valence-electron chi connectivity index (χ0n) is 14.0. The monoisotopic (exact) mass is 440 g/mol. The van der Waals surface area contributed by atoms with Crippen molar-refractivity contribution in [1.82, 2.24) is 0 Å². The summed E-state index contributed by atoms with van der Waals surface area (Å²) in [5.41, 5.74) is 1.56. The van der Waals surface area contributed by atoms with E-state index in [0.717, 1.165) is 11.6 Å². The van der Waals surface area contributed by atoms with Gasteiger partial charge in [-0.15, -0.1) is 0 Å². The zero-order valence-corrected chi connectivity index (χ0v) is 16.4. The lowest BCUT2D eigenvalue weighted by Crippen LogP contribution is -2.30. The van der Waals surface area contributed by atoms with Gasteiger partial charge < -0.3 is 10.1 Å². The third-order valence-electron chi connectivity index (χ3n) is 3.46. The summed E-state index contributed by atoms with van der Waals surface area (Å²) >= 11 is 3.15. The van der Waals surface area contributed by atoms with Crippen LogP contribution in [0.5, 0.6) is 0 Å². The molecule has 0 radical (unpaired) electrons. The molecule has 1 unspecified atom stereocenters. The molecule has 0 saturated heterocycles. The van der Waals surface area contributed by atoms with Crippen LogP contribution in [0.1, 0.15) is 22.8 Å². The van der Waals surface area contributed by atoms with Crippen LogP contribution in [0.25, 0.3) is 0 Å². The number of sulfonamides is 1. The summed E-state index contributed by atoms with van der Waals surface area (Å²) in [5.74, 6) is -1.37. The van der Waals surface area contributed by atoms with Crippen LogP contribution in [-0.2, 0) is 19.6 Å². The molecule has 1 amide bonds. The second kappa shape index (κ2) is 7.98. The van der Waals surface area contributed by atoms with Gasteiger partial charge in [0, 0.05) is 10.2 Å². The SMILES string of the molecule is Cc1ccc(NC(=O)C(C)OC(=O)c2cc(S(N)(=O)=O)ccc2Br)cc1. The van der Waals surface area contributed by atoms with Crippen molar-refractivity contribution in [3.63, 3.8) is 0 Å². The maximum atomic E-state index is 12.3. The van der Waals surface area contributed by atoms with Gasteiger partial charge in [-0.1, -0.05) is 17.7 Å². The molecular formula is C17H17BrN2O5S. The van der Waals surface area contributed by atoms with Crippen LogP contribution >= 0.6 is 15.9 Å². The molecule has 0 saturated carbocycles. The molecule has 2 aromatic rings. The normalized spacial score (nSPS) is 12.3. The number of benzene rings is 2. The van der Waals surface area contributed by atoms with E-state index in [0.29, 0.717) is 10.2 Å². The van der Waals surface area contributed by atoms with E-state index in [1.165, 1.54) is 19.1 Å². The Kier molecular flexibility index (Phi) is 6.17. The molecule has 138 valence electrons. The van der Waals surface area contributed by atoms with E-state index >= 15 is 0 Å². The maximum Gasteiger partial charge on any atom is 0.340 e. The highest BCUT2D eigenvalue weighted by molar-refractivity contribution is 9.10. The number of carbonyl (C=O) groups is 2. The number of amides is 1. The summed E-state index contributed by atoms with van der Waals surface area (Å²) in [6.07, 6.45) is -1.09. The maximum absolute atomic E-state index is 12.3. The van der Waals surface area contributed by atoms with Gasteiger partial charge in [0.1, 0.15) is 0 Å². The average Bonchev–Trinajstić information content (AvgIpc) is 2.56. The molecule has 0 bridgehead atoms. The van der Waals surface area contributed by atoms with E-state index in [1.54, 1.807) is 12.1 Å². The number of primary sulfonamides is 1. The highest BCUT2D eigenvalue weighted by Gasteiger charge is 2.22. The van der Waals surface area contributed by atoms with Crippen LogP contribution in [0.15, 0.2) is 51.8 Å². The summed E-state index contributed by atoms with van der Waals surface area (Å²) in [4.78, 5) is 24.2. The minimum Gasteiger partial charge on any atom is -0.449 e. The lowest BCUT2D eigenvalue weighted by molar-refractivity contribution is -0.123. The molecule has 0 heterocycles. The molecule has 7 nitrogen and oxygen atoms in total. The van der Waals surface area contributed by atoms with Gasteiger partial charge >= 0.3 is 5.97 Å². The van der Waals surface area contributed by atoms with Crippen LogP contribution in [-0.4, -0.2) is 26.4 Å². The van der Waals surface area contributed by atoms with Crippen LogP contribution < -0.4 is 10.5 Å². The first kappa shape index (κ1) is 20.1. The topological polar surface area (TPSA) is 116 Å². The smallest absolute Gasteiger partial charge is 0.340 e. The second-order valence-corrected chi connectivity index (χ2v) is 8.01. The summed E-state index contributed by atoms with van der Waals surface area (Å²) in [7, 11) is -3.97. The number of nitrogens with one attached hydrogen (secondary N) is 1. The fraction of sp³-hybridized carbons (Fsp3) is 0.176. The van der Waals surface area contributed by atoms with E-state index in [9.17, 15) is 18.0 Å². The van der Waals surface area contributed by atoms with E-state index in [1.807, 2.05) is 19.1 Å². The van der Waals surface area contributed by atoms with Crippen LogP contribution in [0, 0.1) is 6.92 Å². The number of esters is 1. The average molecular weight is 441 g/mol. The number of halogens is 1. The Balaban J connectivity index is 2.11. The molecule has 0 aliphatic heterocycles. The van der Waals surface area contributed by atoms with E-state index in [-0.39, 0.29) is 10.5 Å². The summed E-state index contributed by atoms with van der Waals surface area (Å²) < 4.78 is 28.3. The Labute approximate surface area is 159 Å². The van der Waals surface area contributed by atoms with Gasteiger partial charge in [-0.2, -0.15) is 0 Å². The van der Waals surface area contributed by atoms with Gasteiger partial charge in [0.05, 0.1) is 10.5 Å². The number of hydrogen-bond acceptors (Lipinski definition) is 5. The number of nitrogens with two attached hydrogens (primary N) is 1. The Morgan fingerprint density at radius 2 is 1.77 bits per heavy atom. The van der Waals surface area contributed by atoms with Crippen molar-refractivity contribution in [1.29, 1.82) is 0 Å². The molecule has 26 heavy (non-hydrogen) atoms. The summed E-state index contributed by atoms with van der Waals surface area (Å²) in [6.45, 7) is 3.34. The van der Waals surface area contributed by atoms with Crippen molar-refractivity contribution in [2.24, 2.45) is 5.14 Å². The van der Waals surface area contributed by atoms with Gasteiger partial charge in [-0.05, 0) is 60.1 Å². The highest BCUT2D eigenvalue weighted by Crippen LogP contribution is 2.22. The quantitative estimate of drug-likeness (QED) is 0.693. The number of rotatable bonds is 5. The summed E-state index contributed by atoms with van der Waals surface area (Å²) in [5, 5.41) is 7.69. The third kappa shape index (κ3) is 5.13. The predicted molar refractivity (Wildman–Crippen MR) is 100 cm³/mol. The zero-order chi connectivity index (χ0) is 19.5. The molecule has 3 N–H and O–H groups in total. The first-order chi connectivity index (χ1) is 12.1. The highest BCUT2D eigenvalue weighted by atomic mass is 79.9. The molecule has 9 heteroatoms. The van der Waals surface area contributed by atoms with Crippen LogP contribution in [0.4, 0.5) is 5.69 Å². The molecular weight excluding hydrogens is 424 g/mol. The van der Waals surface area contributed by atoms with E-state index < -0.39 is 28.0 Å². The first-order valence-corrected chi connectivity index (χ1v) is 9.82. The lowest BCUT2D eigenvalue weighted by atomic mass is 10.2. The fourth-order valence-corrected chi connectivity index (χ4v) is 2.94. The largest absolute Gasteiger partial charge is 0.449 e. The van der Waals surface area contributed by atoms with Gasteiger partial charge in [-0.3, -0.25) is 4.79 Å². The Morgan fingerprint density at radius 1 is 1.15 bits per heavy atom. The summed E-state index contributed by atoms with van der Waals surface area (Å²) in [6, 6.07) is 10.8. The number of carbonyl (C=O) groups excluding carboxylic acids is 2. The van der Waals surface area contributed by atoms with Crippen molar-refractivity contribution in [2.75, 3.05) is 5.32 Å². The molecule has 2 aromatic carbocycles. The van der Waals surface area contributed by atoms with Crippen LogP contribution in [0.3, 0.4) is 0 Å². The van der Waals surface area contributed by atoms with E-state index in [4.69, 9.17) is 9.88 Å². The Bertz CT molecular complexity index is 942. The molecule has 1 atom stereocenters. The van der Waals surface area contributed by atoms with Gasteiger partial charge in [0.15, 0.2) is 6.10 Å². The molecule has 0 aromatic heterocycles. The second-order valence-electron chi connectivity index (χ2n) is 5.59. The first-order valence-electron chi connectivity index (χ1n) is 7.49. The van der Waals surface area contributed by atoms with Crippen molar-refractivity contribution in [3.05, 3.63) is 58.1 Å². The van der Waals surface area contributed by atoms with Crippen molar-refractivity contribution < 1.29 is 22.7 Å². The third-order valence-corrected chi connectivity index (χ3v) is 5.06. The lowest BCUT2D eigenvalue weighted by Gasteiger charge is -2.14. The van der Waals surface area contributed by atoms with Crippen molar-refractivity contribution in [2.45, 2.75) is 24.8 Å². The molecule has 0 spiro atoms. The fourth-order valence-electron chi connectivity index (χ4n) is 2.00. The standard InChI is InChI=1S/C17H17BrN2O5S/c1-10-3-5-12(6-4-10)20-16(21)11(2)25-17(22)14-9-13(26(19,23)24)7-8-15(14)18/h3-9,11H,1-2H3,(H,20,21)(H2,19,23,24). The number of anilines is 1. The predicted octanol–water partition coefficient (Wildman–Crippen LogP) is 2.59. The molecule has 0 fully saturated rings. The number of aryl methyl sites for hydroxylation is 1.